The zero-order chi connectivity index (χ0) is 11.4. The predicted octanol–water partition coefficient (Wildman–Crippen LogP) is 2.09. The molecule has 4 N–H and O–H groups in total. The summed E-state index contributed by atoms with van der Waals surface area (Å²) in [4.78, 5) is 7.99. The van der Waals surface area contributed by atoms with Crippen LogP contribution in [0.25, 0.3) is 0 Å². The number of rotatable bonds is 4. The fraction of sp³-hybridized carbons (Fsp3) is 0.111. The molecule has 0 saturated heterocycles. The molecule has 2 aromatic rings. The molecule has 7 heteroatoms. The molecule has 0 atom stereocenters. The van der Waals surface area contributed by atoms with E-state index in [0.717, 1.165) is 0 Å². The normalized spacial score (nSPS) is 10.1. The van der Waals surface area contributed by atoms with Gasteiger partial charge in [0.15, 0.2) is 5.82 Å². The maximum Gasteiger partial charge on any atom is 0.239 e. The lowest BCUT2D eigenvalue weighted by Crippen LogP contribution is -2.12. The Morgan fingerprint density at radius 1 is 1.50 bits per heavy atom. The van der Waals surface area contributed by atoms with Crippen molar-refractivity contribution in [3.8, 4) is 0 Å². The Morgan fingerprint density at radius 2 is 2.38 bits per heavy atom. The van der Waals surface area contributed by atoms with E-state index in [1.54, 1.807) is 11.3 Å². The van der Waals surface area contributed by atoms with Crippen LogP contribution in [0.5, 0.6) is 0 Å². The Balaban J connectivity index is 2.08. The number of nitrogens with one attached hydrogen (secondary N) is 2. The lowest BCUT2D eigenvalue weighted by atomic mass is 10.3. The second-order valence-corrected chi connectivity index (χ2v) is 4.21. The molecule has 0 aliphatic heterocycles. The molecule has 0 amide bonds. The number of aromatic nitrogens is 2. The molecular weight excluding hydrogens is 246 g/mol. The Labute approximate surface area is 102 Å². The van der Waals surface area contributed by atoms with E-state index >= 15 is 0 Å². The quantitative estimate of drug-likeness (QED) is 0.576. The van der Waals surface area contributed by atoms with E-state index in [1.165, 1.54) is 11.8 Å². The summed E-state index contributed by atoms with van der Waals surface area (Å²) in [5.41, 5.74) is 3.55. The van der Waals surface area contributed by atoms with Crippen molar-refractivity contribution in [2.45, 2.75) is 6.54 Å². The number of hydrogen-bond acceptors (Lipinski definition) is 6. The van der Waals surface area contributed by atoms with Crippen molar-refractivity contribution in [3.63, 3.8) is 0 Å². The molecule has 0 aliphatic carbocycles. The van der Waals surface area contributed by atoms with Gasteiger partial charge in [0.25, 0.3) is 0 Å². The van der Waals surface area contributed by atoms with Crippen LogP contribution < -0.4 is 16.6 Å². The summed E-state index contributed by atoms with van der Waals surface area (Å²) in [5.74, 6) is 6.11. The van der Waals surface area contributed by atoms with Crippen LogP contribution >= 0.6 is 22.9 Å². The van der Waals surface area contributed by atoms with Gasteiger partial charge in [-0.2, -0.15) is 16.3 Å². The van der Waals surface area contributed by atoms with E-state index in [2.05, 4.69) is 26.1 Å². The fourth-order valence-electron chi connectivity index (χ4n) is 1.14. The first kappa shape index (κ1) is 11.1. The summed E-state index contributed by atoms with van der Waals surface area (Å²) in [7, 11) is 0. The smallest absolute Gasteiger partial charge is 0.239 e. The minimum Gasteiger partial charge on any atom is -0.365 e. The van der Waals surface area contributed by atoms with Gasteiger partial charge in [0.2, 0.25) is 5.95 Å². The number of nitrogens with two attached hydrogens (primary N) is 1. The third-order valence-corrected chi connectivity index (χ3v) is 2.92. The van der Waals surface area contributed by atoms with Crippen LogP contribution in [0.4, 0.5) is 11.8 Å². The van der Waals surface area contributed by atoms with Crippen LogP contribution in [0.2, 0.25) is 5.02 Å². The molecule has 0 aromatic carbocycles. The van der Waals surface area contributed by atoms with Crippen molar-refractivity contribution in [1.29, 1.82) is 0 Å². The average molecular weight is 256 g/mol. The number of nitrogen functional groups attached to an aromatic ring is 1. The third kappa shape index (κ3) is 2.60. The summed E-state index contributed by atoms with van der Waals surface area (Å²) in [6.07, 6.45) is 1.50. The van der Waals surface area contributed by atoms with E-state index in [1.807, 2.05) is 11.4 Å². The van der Waals surface area contributed by atoms with Crippen molar-refractivity contribution < 1.29 is 0 Å². The lowest BCUT2D eigenvalue weighted by molar-refractivity contribution is 1.07. The molecular formula is C9H10ClN5S. The number of hydrazine groups is 1. The molecule has 2 aromatic heterocycles. The Bertz CT molecular complexity index is 459. The highest BCUT2D eigenvalue weighted by atomic mass is 35.5. The second kappa shape index (κ2) is 5.11. The van der Waals surface area contributed by atoms with Gasteiger partial charge in [-0.1, -0.05) is 11.6 Å². The fourth-order valence-corrected chi connectivity index (χ4v) is 1.97. The van der Waals surface area contributed by atoms with Crippen LogP contribution in [0.15, 0.2) is 23.0 Å². The molecule has 16 heavy (non-hydrogen) atoms. The minimum atomic E-state index is 0.331. The van der Waals surface area contributed by atoms with Crippen LogP contribution in [0.3, 0.4) is 0 Å². The Kier molecular flexibility index (Phi) is 3.55. The standard InChI is InChI=1S/C9H10ClN5S/c10-7-4-13-9(15-11)14-8(7)12-3-6-1-2-16-5-6/h1-2,4-5H,3,11H2,(H2,12,13,14,15). The van der Waals surface area contributed by atoms with Gasteiger partial charge in [-0.3, -0.25) is 5.43 Å². The molecule has 0 fully saturated rings. The molecule has 0 bridgehead atoms. The lowest BCUT2D eigenvalue weighted by Gasteiger charge is -2.07. The minimum absolute atomic E-state index is 0.331. The van der Waals surface area contributed by atoms with Crippen molar-refractivity contribution in [1.82, 2.24) is 9.97 Å². The second-order valence-electron chi connectivity index (χ2n) is 3.02. The van der Waals surface area contributed by atoms with Crippen molar-refractivity contribution in [3.05, 3.63) is 33.6 Å². The summed E-state index contributed by atoms with van der Waals surface area (Å²) >= 11 is 7.59. The van der Waals surface area contributed by atoms with Gasteiger partial charge >= 0.3 is 0 Å². The zero-order valence-corrected chi connectivity index (χ0v) is 9.85. The molecule has 2 heterocycles. The number of nitrogens with zero attached hydrogens (tertiary/aromatic N) is 2. The van der Waals surface area contributed by atoms with Crippen molar-refractivity contribution in [2.24, 2.45) is 5.84 Å². The molecule has 0 radical (unpaired) electrons. The SMILES string of the molecule is NNc1ncc(Cl)c(NCc2ccsc2)n1. The Hall–Kier alpha value is -1.37. The number of halogens is 1. The third-order valence-electron chi connectivity index (χ3n) is 1.91. The van der Waals surface area contributed by atoms with Crippen molar-refractivity contribution >= 4 is 34.7 Å². The van der Waals surface area contributed by atoms with Gasteiger partial charge in [0.1, 0.15) is 5.02 Å². The van der Waals surface area contributed by atoms with E-state index in [9.17, 15) is 0 Å². The maximum absolute atomic E-state index is 5.94. The maximum atomic E-state index is 5.94. The molecule has 0 aliphatic rings. The monoisotopic (exact) mass is 255 g/mol. The summed E-state index contributed by atoms with van der Waals surface area (Å²) in [6.45, 7) is 0.671. The summed E-state index contributed by atoms with van der Waals surface area (Å²) in [6, 6.07) is 2.04. The molecule has 5 nitrogen and oxygen atoms in total. The molecule has 0 saturated carbocycles. The zero-order valence-electron chi connectivity index (χ0n) is 8.27. The van der Waals surface area contributed by atoms with Crippen molar-refractivity contribution in [2.75, 3.05) is 10.7 Å². The van der Waals surface area contributed by atoms with Crippen LogP contribution in [-0.4, -0.2) is 9.97 Å². The predicted molar refractivity (Wildman–Crippen MR) is 66.5 cm³/mol. The van der Waals surface area contributed by atoms with Crippen LogP contribution in [0.1, 0.15) is 5.56 Å². The molecule has 0 spiro atoms. The number of thiophene rings is 1. The molecule has 2 rings (SSSR count). The highest BCUT2D eigenvalue weighted by molar-refractivity contribution is 7.07. The number of anilines is 2. The summed E-state index contributed by atoms with van der Waals surface area (Å²) in [5, 5.41) is 7.66. The van der Waals surface area contributed by atoms with E-state index in [4.69, 9.17) is 17.4 Å². The van der Waals surface area contributed by atoms with Gasteiger partial charge in [0.05, 0.1) is 6.20 Å². The first-order valence-electron chi connectivity index (χ1n) is 4.53. The van der Waals surface area contributed by atoms with Gasteiger partial charge in [0, 0.05) is 6.54 Å². The topological polar surface area (TPSA) is 75.9 Å². The first-order valence-corrected chi connectivity index (χ1v) is 5.86. The highest BCUT2D eigenvalue weighted by Crippen LogP contribution is 2.20. The van der Waals surface area contributed by atoms with Gasteiger partial charge in [-0.05, 0) is 22.4 Å². The summed E-state index contributed by atoms with van der Waals surface area (Å²) < 4.78 is 0. The van der Waals surface area contributed by atoms with Gasteiger partial charge < -0.3 is 5.32 Å². The van der Waals surface area contributed by atoms with Crippen LogP contribution in [-0.2, 0) is 6.54 Å². The molecule has 0 unspecified atom stereocenters. The first-order chi connectivity index (χ1) is 7.79. The average Bonchev–Trinajstić information content (AvgIpc) is 2.81. The highest BCUT2D eigenvalue weighted by Gasteiger charge is 2.04. The number of hydrogen-bond donors (Lipinski definition) is 3. The van der Waals surface area contributed by atoms with E-state index in [-0.39, 0.29) is 0 Å². The van der Waals surface area contributed by atoms with Gasteiger partial charge in [-0.15, -0.1) is 0 Å². The van der Waals surface area contributed by atoms with E-state index < -0.39 is 0 Å². The van der Waals surface area contributed by atoms with Crippen LogP contribution in [0, 0.1) is 0 Å². The largest absolute Gasteiger partial charge is 0.365 e. The van der Waals surface area contributed by atoms with Gasteiger partial charge in [-0.25, -0.2) is 10.8 Å². The molecule has 84 valence electrons. The van der Waals surface area contributed by atoms with E-state index in [0.29, 0.717) is 23.3 Å². The Morgan fingerprint density at radius 3 is 3.06 bits per heavy atom.